The Hall–Kier alpha value is -0.0800. The predicted molar refractivity (Wildman–Crippen MR) is 71.8 cm³/mol. The average molecular weight is 226 g/mol. The van der Waals surface area contributed by atoms with Crippen molar-refractivity contribution in [2.24, 2.45) is 11.8 Å². The summed E-state index contributed by atoms with van der Waals surface area (Å²) in [5.74, 6) is 1.84. The van der Waals surface area contributed by atoms with Crippen molar-refractivity contribution >= 4 is 0 Å². The third kappa shape index (κ3) is 4.42. The van der Waals surface area contributed by atoms with Crippen LogP contribution in [0.3, 0.4) is 0 Å². The Labute approximate surface area is 102 Å². The van der Waals surface area contributed by atoms with E-state index in [1.165, 1.54) is 45.3 Å². The highest BCUT2D eigenvalue weighted by Gasteiger charge is 2.22. The molecule has 1 N–H and O–H groups in total. The molecule has 1 aliphatic rings. The number of hydrogen-bond donors (Lipinski definition) is 1. The Morgan fingerprint density at radius 2 is 1.88 bits per heavy atom. The Morgan fingerprint density at radius 3 is 2.31 bits per heavy atom. The van der Waals surface area contributed by atoms with Crippen molar-refractivity contribution in [3.8, 4) is 0 Å². The third-order valence-electron chi connectivity index (χ3n) is 4.10. The zero-order chi connectivity index (χ0) is 12.0. The van der Waals surface area contributed by atoms with E-state index < -0.39 is 0 Å². The van der Waals surface area contributed by atoms with Crippen molar-refractivity contribution in [3.63, 3.8) is 0 Å². The van der Waals surface area contributed by atoms with E-state index in [2.05, 4.69) is 38.0 Å². The van der Waals surface area contributed by atoms with Crippen LogP contribution in [0.2, 0.25) is 0 Å². The van der Waals surface area contributed by atoms with Gasteiger partial charge in [0.05, 0.1) is 0 Å². The molecule has 0 saturated carbocycles. The highest BCUT2D eigenvalue weighted by molar-refractivity contribution is 4.77. The number of rotatable bonds is 6. The normalized spacial score (nSPS) is 21.6. The summed E-state index contributed by atoms with van der Waals surface area (Å²) >= 11 is 0. The van der Waals surface area contributed by atoms with Crippen LogP contribution in [0.1, 0.15) is 46.5 Å². The van der Waals surface area contributed by atoms with Crippen molar-refractivity contribution in [2.75, 3.05) is 26.7 Å². The first-order valence-electron chi connectivity index (χ1n) is 7.07. The lowest BCUT2D eigenvalue weighted by Gasteiger charge is -2.35. The molecule has 0 aromatic heterocycles. The van der Waals surface area contributed by atoms with Crippen LogP contribution in [0.15, 0.2) is 0 Å². The summed E-state index contributed by atoms with van der Waals surface area (Å²) in [6.45, 7) is 10.9. The molecule has 0 aliphatic carbocycles. The van der Waals surface area contributed by atoms with E-state index in [1.54, 1.807) is 0 Å². The second-order valence-electron chi connectivity index (χ2n) is 5.66. The summed E-state index contributed by atoms with van der Waals surface area (Å²) in [5, 5.41) is 3.44. The van der Waals surface area contributed by atoms with Gasteiger partial charge in [0, 0.05) is 12.6 Å². The SMILES string of the molecule is CCCC(CN1CCC(C(C)C)CC1)NC. The maximum absolute atomic E-state index is 3.44. The van der Waals surface area contributed by atoms with Gasteiger partial charge in [-0.2, -0.15) is 0 Å². The highest BCUT2D eigenvalue weighted by Crippen LogP contribution is 2.24. The smallest absolute Gasteiger partial charge is 0.0191 e. The largest absolute Gasteiger partial charge is 0.316 e. The van der Waals surface area contributed by atoms with Gasteiger partial charge in [0.2, 0.25) is 0 Å². The molecule has 0 aromatic rings. The van der Waals surface area contributed by atoms with Gasteiger partial charge in [-0.1, -0.05) is 27.2 Å². The molecule has 1 aliphatic heterocycles. The van der Waals surface area contributed by atoms with Crippen LogP contribution in [-0.4, -0.2) is 37.6 Å². The fourth-order valence-electron chi connectivity index (χ4n) is 2.79. The first-order valence-corrected chi connectivity index (χ1v) is 7.07. The second-order valence-corrected chi connectivity index (χ2v) is 5.66. The van der Waals surface area contributed by atoms with Crippen LogP contribution in [0.5, 0.6) is 0 Å². The van der Waals surface area contributed by atoms with Crippen LogP contribution >= 0.6 is 0 Å². The Kier molecular flexibility index (Phi) is 6.37. The Balaban J connectivity index is 2.25. The van der Waals surface area contributed by atoms with Crippen molar-refractivity contribution < 1.29 is 0 Å². The van der Waals surface area contributed by atoms with Crippen LogP contribution in [-0.2, 0) is 0 Å². The van der Waals surface area contributed by atoms with Gasteiger partial charge in [-0.25, -0.2) is 0 Å². The number of nitrogens with one attached hydrogen (secondary N) is 1. The summed E-state index contributed by atoms with van der Waals surface area (Å²) in [6, 6.07) is 0.695. The highest BCUT2D eigenvalue weighted by atomic mass is 15.1. The number of nitrogens with zero attached hydrogens (tertiary/aromatic N) is 1. The maximum atomic E-state index is 3.44. The van der Waals surface area contributed by atoms with Gasteiger partial charge in [-0.3, -0.25) is 0 Å². The van der Waals surface area contributed by atoms with Crippen molar-refractivity contribution in [1.29, 1.82) is 0 Å². The second kappa shape index (κ2) is 7.29. The zero-order valence-electron chi connectivity index (χ0n) is 11.6. The van der Waals surface area contributed by atoms with Crippen molar-refractivity contribution in [3.05, 3.63) is 0 Å². The van der Waals surface area contributed by atoms with Crippen LogP contribution < -0.4 is 5.32 Å². The summed E-state index contributed by atoms with van der Waals surface area (Å²) in [7, 11) is 2.10. The number of hydrogen-bond acceptors (Lipinski definition) is 2. The molecular weight excluding hydrogens is 196 g/mol. The van der Waals surface area contributed by atoms with Gasteiger partial charge >= 0.3 is 0 Å². The molecule has 1 unspecified atom stereocenters. The fraction of sp³-hybridized carbons (Fsp3) is 1.00. The fourth-order valence-corrected chi connectivity index (χ4v) is 2.79. The van der Waals surface area contributed by atoms with Crippen LogP contribution in [0.4, 0.5) is 0 Å². The molecule has 1 heterocycles. The molecule has 0 radical (unpaired) electrons. The molecule has 96 valence electrons. The number of piperidine rings is 1. The third-order valence-corrected chi connectivity index (χ3v) is 4.10. The van der Waals surface area contributed by atoms with Crippen molar-refractivity contribution in [1.82, 2.24) is 10.2 Å². The van der Waals surface area contributed by atoms with E-state index in [9.17, 15) is 0 Å². The molecule has 0 spiro atoms. The maximum Gasteiger partial charge on any atom is 0.0191 e. The average Bonchev–Trinajstić information content (AvgIpc) is 2.29. The monoisotopic (exact) mass is 226 g/mol. The van der Waals surface area contributed by atoms with E-state index >= 15 is 0 Å². The van der Waals surface area contributed by atoms with E-state index in [4.69, 9.17) is 0 Å². The van der Waals surface area contributed by atoms with Gasteiger partial charge in [-0.05, 0) is 51.2 Å². The molecule has 0 amide bonds. The van der Waals surface area contributed by atoms with Crippen LogP contribution in [0.25, 0.3) is 0 Å². The summed E-state index contributed by atoms with van der Waals surface area (Å²) in [4.78, 5) is 2.65. The van der Waals surface area contributed by atoms with Crippen molar-refractivity contribution in [2.45, 2.75) is 52.5 Å². The van der Waals surface area contributed by atoms with Gasteiger partial charge in [-0.15, -0.1) is 0 Å². The summed E-state index contributed by atoms with van der Waals surface area (Å²) < 4.78 is 0. The molecule has 1 saturated heterocycles. The van der Waals surface area contributed by atoms with Gasteiger partial charge in [0.1, 0.15) is 0 Å². The van der Waals surface area contributed by atoms with Gasteiger partial charge in [0.25, 0.3) is 0 Å². The Bertz CT molecular complexity index is 172. The molecule has 1 rings (SSSR count). The first-order chi connectivity index (χ1) is 7.67. The standard InChI is InChI=1S/C14H30N2/c1-5-6-14(15-4)11-16-9-7-13(8-10-16)12(2)3/h12-15H,5-11H2,1-4H3. The van der Waals surface area contributed by atoms with E-state index in [-0.39, 0.29) is 0 Å². The minimum atomic E-state index is 0.695. The topological polar surface area (TPSA) is 15.3 Å². The zero-order valence-corrected chi connectivity index (χ0v) is 11.6. The van der Waals surface area contributed by atoms with E-state index in [1.807, 2.05) is 0 Å². The van der Waals surface area contributed by atoms with Gasteiger partial charge < -0.3 is 10.2 Å². The Morgan fingerprint density at radius 1 is 1.25 bits per heavy atom. The molecule has 1 fully saturated rings. The molecule has 2 nitrogen and oxygen atoms in total. The molecule has 0 aromatic carbocycles. The lowest BCUT2D eigenvalue weighted by molar-refractivity contribution is 0.145. The molecule has 0 bridgehead atoms. The minimum Gasteiger partial charge on any atom is -0.316 e. The molecule has 2 heteroatoms. The first kappa shape index (κ1) is 14.0. The number of likely N-dealkylation sites (N-methyl/N-ethyl adjacent to an activating group) is 1. The lowest BCUT2D eigenvalue weighted by Crippen LogP contribution is -2.43. The molecule has 16 heavy (non-hydrogen) atoms. The summed E-state index contributed by atoms with van der Waals surface area (Å²) in [5.41, 5.74) is 0. The number of likely N-dealkylation sites (tertiary alicyclic amines) is 1. The molecular formula is C14H30N2. The van der Waals surface area contributed by atoms with Crippen LogP contribution in [0, 0.1) is 11.8 Å². The van der Waals surface area contributed by atoms with E-state index in [0.717, 1.165) is 11.8 Å². The summed E-state index contributed by atoms with van der Waals surface area (Å²) in [6.07, 6.45) is 5.40. The quantitative estimate of drug-likeness (QED) is 0.749. The lowest BCUT2D eigenvalue weighted by atomic mass is 9.86. The predicted octanol–water partition coefficient (Wildman–Crippen LogP) is 2.74. The van der Waals surface area contributed by atoms with Gasteiger partial charge in [0.15, 0.2) is 0 Å². The molecule has 1 atom stereocenters. The minimum absolute atomic E-state index is 0.695. The van der Waals surface area contributed by atoms with E-state index in [0.29, 0.717) is 6.04 Å².